The van der Waals surface area contributed by atoms with E-state index < -0.39 is 12.1 Å². The van der Waals surface area contributed by atoms with Gasteiger partial charge < -0.3 is 5.53 Å². The predicted molar refractivity (Wildman–Crippen MR) is 25.8 cm³/mol. The van der Waals surface area contributed by atoms with Crippen molar-refractivity contribution in [2.24, 2.45) is 0 Å². The molecule has 2 fully saturated rings. The molecule has 2 aliphatic rings. The zero-order valence-electron chi connectivity index (χ0n) is 4.57. The van der Waals surface area contributed by atoms with Gasteiger partial charge >= 0.3 is 0 Å². The molecule has 0 aromatic heterocycles. The lowest BCUT2D eigenvalue weighted by Gasteiger charge is -1.85. The van der Waals surface area contributed by atoms with Gasteiger partial charge in [0.2, 0.25) is 11.6 Å². The van der Waals surface area contributed by atoms with Gasteiger partial charge in [-0.3, -0.25) is 14.3 Å². The molecule has 9 heavy (non-hydrogen) atoms. The summed E-state index contributed by atoms with van der Waals surface area (Å²) >= 11 is 0. The van der Waals surface area contributed by atoms with Gasteiger partial charge in [-0.1, -0.05) is 0 Å². The van der Waals surface area contributed by atoms with Crippen molar-refractivity contribution >= 4 is 11.6 Å². The van der Waals surface area contributed by atoms with E-state index in [0.29, 0.717) is 0 Å². The van der Waals surface area contributed by atoms with Gasteiger partial charge in [0.05, 0.1) is 6.42 Å². The van der Waals surface area contributed by atoms with Gasteiger partial charge in [-0.15, -0.1) is 0 Å². The predicted octanol–water partition coefficient (Wildman–Crippen LogP) is -0.687. The Morgan fingerprint density at radius 3 is 2.00 bits per heavy atom. The van der Waals surface area contributed by atoms with Crippen LogP contribution in [-0.4, -0.2) is 28.3 Å². The monoisotopic (exact) mass is 124 g/mol. The second kappa shape index (κ2) is 1.10. The molecule has 4 heteroatoms. The lowest BCUT2D eigenvalue weighted by molar-refractivity contribution is -0.394. The molecule has 1 heterocycles. The van der Waals surface area contributed by atoms with E-state index in [-0.39, 0.29) is 18.0 Å². The molecule has 1 aliphatic heterocycles. The van der Waals surface area contributed by atoms with Crippen LogP contribution in [0.2, 0.25) is 0 Å². The lowest BCUT2D eigenvalue weighted by Crippen LogP contribution is -2.08. The minimum Gasteiger partial charge on any atom is -0.505 e. The molecule has 0 bridgehead atoms. The van der Waals surface area contributed by atoms with E-state index >= 15 is 0 Å². The Hall–Kier alpha value is -1.06. The Kier molecular flexibility index (Phi) is 0.583. The molecule has 1 aliphatic carbocycles. The number of hydrogen-bond acceptors (Lipinski definition) is 2. The zero-order chi connectivity index (χ0) is 6.59. The number of Topliss-reactive ketones (excluding diaryl/α,β-unsaturated/α-hetero) is 2. The van der Waals surface area contributed by atoms with Crippen LogP contribution in [0.5, 0.6) is 0 Å². The van der Waals surface area contributed by atoms with Crippen molar-refractivity contribution in [2.45, 2.75) is 18.5 Å². The lowest BCUT2D eigenvalue weighted by atomic mass is 10.3. The first kappa shape index (κ1) is 4.78. The van der Waals surface area contributed by atoms with E-state index in [1.165, 1.54) is 0 Å². The third-order valence-corrected chi connectivity index (χ3v) is 1.79. The van der Waals surface area contributed by atoms with Crippen LogP contribution < -0.4 is 0 Å². The van der Waals surface area contributed by atoms with E-state index in [0.717, 1.165) is 4.70 Å². The zero-order valence-corrected chi connectivity index (χ0v) is 4.57. The number of ketones is 2. The number of piperidine rings is 1. The van der Waals surface area contributed by atoms with E-state index in [2.05, 4.69) is 0 Å². The second-order valence-corrected chi connectivity index (χ2v) is 2.38. The molecule has 0 aromatic rings. The summed E-state index contributed by atoms with van der Waals surface area (Å²) in [5.74, 6) is -0.292. The van der Waals surface area contributed by atoms with Gasteiger partial charge in [-0.2, -0.15) is 0 Å². The molecule has 0 aromatic carbocycles. The Bertz CT molecular complexity index is 211. The van der Waals surface area contributed by atoms with Crippen molar-refractivity contribution in [3.8, 4) is 0 Å². The number of hydrogen-bond donors (Lipinski definition) is 0. The van der Waals surface area contributed by atoms with Gasteiger partial charge in [0.1, 0.15) is 0 Å². The Morgan fingerprint density at radius 2 is 1.78 bits per heavy atom. The summed E-state index contributed by atoms with van der Waals surface area (Å²) in [5, 5.41) is 0. The maximum Gasteiger partial charge on any atom is 0.269 e. The fourth-order valence-electron chi connectivity index (χ4n) is 1.25. The summed E-state index contributed by atoms with van der Waals surface area (Å²) in [6.07, 6.45) is 0.0202. The quantitative estimate of drug-likeness (QED) is 0.244. The average Bonchev–Trinajstić information content (AvgIpc) is 2.30. The minimum absolute atomic E-state index is 0.0202. The van der Waals surface area contributed by atoms with Crippen LogP contribution in [0.4, 0.5) is 0 Å². The molecule has 46 valence electrons. The molecule has 2 rings (SSSR count). The van der Waals surface area contributed by atoms with Crippen molar-refractivity contribution in [3.63, 3.8) is 0 Å². The normalized spacial score (nSPS) is 39.3. The van der Waals surface area contributed by atoms with E-state index in [1.54, 1.807) is 0 Å². The summed E-state index contributed by atoms with van der Waals surface area (Å²) < 4.78 is 0.814. The van der Waals surface area contributed by atoms with Crippen molar-refractivity contribution in [2.75, 3.05) is 0 Å². The molecule has 2 unspecified atom stereocenters. The highest BCUT2D eigenvalue weighted by Crippen LogP contribution is 2.31. The Morgan fingerprint density at radius 1 is 1.33 bits per heavy atom. The third kappa shape index (κ3) is 0.386. The number of carbonyl (C=O) groups is 2. The number of fused-ring (bicyclic) bond motifs is 1. The first-order valence-corrected chi connectivity index (χ1v) is 2.74. The first-order valence-electron chi connectivity index (χ1n) is 2.74. The largest absolute Gasteiger partial charge is 0.505 e. The topological polar surface area (TPSA) is 59.5 Å². The molecular formula is C5H4N2O2. The summed E-state index contributed by atoms with van der Waals surface area (Å²) in [7, 11) is 0. The highest BCUT2D eigenvalue weighted by Gasteiger charge is 2.66. The Labute approximate surface area is 51.0 Å². The van der Waals surface area contributed by atoms with Crippen molar-refractivity contribution < 1.29 is 14.3 Å². The number of nitrogens with zero attached hydrogens (tertiary/aromatic N) is 2. The smallest absolute Gasteiger partial charge is 0.269 e. The van der Waals surface area contributed by atoms with Gasteiger partial charge in [0.25, 0.3) is 12.1 Å². The number of carbonyl (C=O) groups excluding carboxylic acids is 2. The standard InChI is InChI=1S/C5H4N2O2/c6-7-4-2(8)1-3(9)5(4)7/h4-5H,1H2. The summed E-state index contributed by atoms with van der Waals surface area (Å²) in [6, 6.07) is -0.949. The summed E-state index contributed by atoms with van der Waals surface area (Å²) in [6.45, 7) is 0. The van der Waals surface area contributed by atoms with Crippen LogP contribution in [0.3, 0.4) is 0 Å². The molecule has 1 saturated heterocycles. The second-order valence-electron chi connectivity index (χ2n) is 2.38. The minimum atomic E-state index is -0.475. The van der Waals surface area contributed by atoms with Gasteiger partial charge in [-0.25, -0.2) is 0 Å². The molecule has 4 nitrogen and oxygen atoms in total. The van der Waals surface area contributed by atoms with Crippen LogP contribution in [0.15, 0.2) is 0 Å². The average molecular weight is 124 g/mol. The molecule has 0 amide bonds. The fraction of sp³-hybridized carbons (Fsp3) is 0.600. The fourth-order valence-corrected chi connectivity index (χ4v) is 1.25. The van der Waals surface area contributed by atoms with Crippen molar-refractivity contribution in [3.05, 3.63) is 5.53 Å². The van der Waals surface area contributed by atoms with E-state index in [4.69, 9.17) is 5.53 Å². The maximum absolute atomic E-state index is 10.6. The SMILES string of the molecule is [N-]=[N+]1C2C(=O)CC(=O)C21. The van der Waals surface area contributed by atoms with Crippen LogP contribution in [0.1, 0.15) is 6.42 Å². The van der Waals surface area contributed by atoms with Gasteiger partial charge in [0, 0.05) is 0 Å². The van der Waals surface area contributed by atoms with E-state index in [9.17, 15) is 9.59 Å². The highest BCUT2D eigenvalue weighted by molar-refractivity contribution is 6.13. The van der Waals surface area contributed by atoms with Gasteiger partial charge in [0.15, 0.2) is 0 Å². The van der Waals surface area contributed by atoms with Crippen LogP contribution in [0, 0.1) is 0 Å². The maximum atomic E-state index is 10.6. The van der Waals surface area contributed by atoms with Gasteiger partial charge in [-0.05, 0) is 0 Å². The molecule has 1 saturated carbocycles. The molecular weight excluding hydrogens is 120 g/mol. The third-order valence-electron chi connectivity index (χ3n) is 1.79. The summed E-state index contributed by atoms with van der Waals surface area (Å²) in [5.41, 5.74) is 8.68. The van der Waals surface area contributed by atoms with Crippen molar-refractivity contribution in [1.29, 1.82) is 0 Å². The molecule has 0 spiro atoms. The molecule has 0 radical (unpaired) electrons. The van der Waals surface area contributed by atoms with E-state index in [1.807, 2.05) is 0 Å². The molecule has 0 N–H and O–H groups in total. The van der Waals surface area contributed by atoms with Crippen LogP contribution in [0.25, 0.3) is 5.53 Å². The van der Waals surface area contributed by atoms with Crippen molar-refractivity contribution in [1.82, 2.24) is 0 Å². The number of rotatable bonds is 0. The highest BCUT2D eigenvalue weighted by atomic mass is 16.2. The summed E-state index contributed by atoms with van der Waals surface area (Å²) in [4.78, 5) is 21.2. The molecule has 2 atom stereocenters. The first-order chi connectivity index (χ1) is 4.22. The Balaban J connectivity index is 2.38. The van der Waals surface area contributed by atoms with Crippen LogP contribution >= 0.6 is 0 Å². The van der Waals surface area contributed by atoms with Crippen LogP contribution in [-0.2, 0) is 9.59 Å².